The van der Waals surface area contributed by atoms with Crippen LogP contribution in [0.3, 0.4) is 0 Å². The smallest absolute Gasteiger partial charge is 0.325 e. The number of benzene rings is 1. The van der Waals surface area contributed by atoms with E-state index in [0.717, 1.165) is 17.0 Å². The molecule has 210 valence electrons. The van der Waals surface area contributed by atoms with E-state index in [1.54, 1.807) is 27.4 Å². The van der Waals surface area contributed by atoms with Gasteiger partial charge in [-0.15, -0.1) is 0 Å². The van der Waals surface area contributed by atoms with Crippen LogP contribution in [0.25, 0.3) is 0 Å². The zero-order valence-corrected chi connectivity index (χ0v) is 23.8. The Labute approximate surface area is 231 Å². The van der Waals surface area contributed by atoms with Crippen molar-refractivity contribution in [2.75, 3.05) is 52.8 Å². The first-order valence-corrected chi connectivity index (χ1v) is 13.8. The Bertz CT molecular complexity index is 1230. The molecule has 1 spiro atoms. The lowest BCUT2D eigenvalue weighted by atomic mass is 9.79. The summed E-state index contributed by atoms with van der Waals surface area (Å²) in [5, 5.41) is 3.00. The van der Waals surface area contributed by atoms with Crippen LogP contribution in [0.4, 0.5) is 15.3 Å². The molecule has 0 radical (unpaired) electrons. The Morgan fingerprint density at radius 1 is 1.10 bits per heavy atom. The molecule has 1 N–H and O–H groups in total. The summed E-state index contributed by atoms with van der Waals surface area (Å²) in [5.74, 6) is 1.72. The second-order valence-corrected chi connectivity index (χ2v) is 10.8. The third-order valence-corrected chi connectivity index (χ3v) is 8.91. The molecule has 3 aliphatic heterocycles. The second kappa shape index (κ2) is 10.6. The number of carbonyl (C=O) groups excluding carboxylic acids is 2. The molecular formula is C30H40N4O5. The second-order valence-electron chi connectivity index (χ2n) is 10.8. The average Bonchev–Trinajstić information content (AvgIpc) is 3.04. The van der Waals surface area contributed by atoms with Crippen LogP contribution in [-0.4, -0.2) is 85.9 Å². The summed E-state index contributed by atoms with van der Waals surface area (Å²) in [7, 11) is 5.02. The number of hydrogen-bond donors (Lipinski definition) is 1. The number of carbonyl (C=O) groups is 2. The van der Waals surface area contributed by atoms with Crippen LogP contribution in [0.2, 0.25) is 0 Å². The summed E-state index contributed by atoms with van der Waals surface area (Å²) in [6, 6.07) is 7.25. The van der Waals surface area contributed by atoms with Crippen molar-refractivity contribution in [2.45, 2.75) is 45.3 Å². The van der Waals surface area contributed by atoms with Crippen LogP contribution < -0.4 is 10.1 Å². The minimum absolute atomic E-state index is 0.0358. The van der Waals surface area contributed by atoms with Crippen molar-refractivity contribution >= 4 is 17.7 Å². The third-order valence-electron chi connectivity index (χ3n) is 8.91. The molecule has 0 bridgehead atoms. The molecule has 9 nitrogen and oxygen atoms in total. The number of nitrogens with zero attached hydrogens (tertiary/aromatic N) is 3. The van der Waals surface area contributed by atoms with Crippen molar-refractivity contribution in [1.82, 2.24) is 14.7 Å². The number of amides is 4. The number of urea groups is 2. The number of anilines is 1. The van der Waals surface area contributed by atoms with Gasteiger partial charge in [0.05, 0.1) is 25.9 Å². The van der Waals surface area contributed by atoms with Gasteiger partial charge in [-0.3, -0.25) is 4.90 Å². The highest BCUT2D eigenvalue weighted by Gasteiger charge is 2.55. The maximum Gasteiger partial charge on any atom is 0.325 e. The monoisotopic (exact) mass is 536 g/mol. The predicted octanol–water partition coefficient (Wildman–Crippen LogP) is 4.84. The van der Waals surface area contributed by atoms with Crippen LogP contribution in [0, 0.1) is 11.8 Å². The van der Waals surface area contributed by atoms with E-state index in [-0.39, 0.29) is 30.0 Å². The molecule has 0 saturated carbocycles. The van der Waals surface area contributed by atoms with Gasteiger partial charge in [-0.05, 0) is 43.5 Å². The van der Waals surface area contributed by atoms with E-state index in [1.807, 2.05) is 39.8 Å². The number of allylic oxidation sites excluding steroid dienone is 2. The quantitative estimate of drug-likeness (QED) is 0.582. The van der Waals surface area contributed by atoms with E-state index in [2.05, 4.69) is 31.3 Å². The Morgan fingerprint density at radius 3 is 2.49 bits per heavy atom. The summed E-state index contributed by atoms with van der Waals surface area (Å²) in [4.78, 5) is 32.9. The van der Waals surface area contributed by atoms with Crippen LogP contribution in [-0.2, 0) is 9.47 Å². The van der Waals surface area contributed by atoms with Gasteiger partial charge in [-0.1, -0.05) is 26.0 Å². The molecule has 1 aromatic carbocycles. The van der Waals surface area contributed by atoms with E-state index >= 15 is 0 Å². The van der Waals surface area contributed by atoms with Crippen molar-refractivity contribution in [3.8, 4) is 5.75 Å². The fraction of sp³-hybridized carbons (Fsp3) is 0.533. The van der Waals surface area contributed by atoms with Crippen molar-refractivity contribution < 1.29 is 23.8 Å². The van der Waals surface area contributed by atoms with Gasteiger partial charge in [0.15, 0.2) is 0 Å². The standard InChI is InChI=1S/C30H40N4O5/c1-7-34-29(36)33-18-23-20(3)24(38-5)17-25(39-6)27(23)19(2)15-26(33)30(34)11-13-32(14-12-30)28(35)31-21-9-8-10-22(16-21)37-4/h8-10,15-17,19-20,24H,7,11-14,18H2,1-6H3,(H,31,35). The summed E-state index contributed by atoms with van der Waals surface area (Å²) < 4.78 is 16.9. The van der Waals surface area contributed by atoms with E-state index in [0.29, 0.717) is 50.5 Å². The lowest BCUT2D eigenvalue weighted by Gasteiger charge is -2.44. The van der Waals surface area contributed by atoms with Gasteiger partial charge in [-0.2, -0.15) is 0 Å². The minimum atomic E-state index is -0.442. The number of piperidine rings is 1. The van der Waals surface area contributed by atoms with Gasteiger partial charge in [0.1, 0.15) is 11.5 Å². The van der Waals surface area contributed by atoms with E-state index < -0.39 is 5.54 Å². The largest absolute Gasteiger partial charge is 0.497 e. The Kier molecular flexibility index (Phi) is 7.37. The highest BCUT2D eigenvalue weighted by molar-refractivity contribution is 5.90. The van der Waals surface area contributed by atoms with E-state index in [4.69, 9.17) is 14.2 Å². The van der Waals surface area contributed by atoms with Crippen LogP contribution in [0.1, 0.15) is 33.6 Å². The van der Waals surface area contributed by atoms with Crippen LogP contribution in [0.15, 0.2) is 59.0 Å². The number of likely N-dealkylation sites (tertiary alicyclic amines) is 1. The first kappa shape index (κ1) is 27.1. The normalized spacial score (nSPS) is 26.1. The molecular weight excluding hydrogens is 496 g/mol. The maximum atomic E-state index is 13.9. The van der Waals surface area contributed by atoms with Gasteiger partial charge in [0.2, 0.25) is 0 Å². The number of methoxy groups -OCH3 is 3. The highest BCUT2D eigenvalue weighted by atomic mass is 16.5. The van der Waals surface area contributed by atoms with E-state index in [9.17, 15) is 9.59 Å². The fourth-order valence-electron chi connectivity index (χ4n) is 6.84. The summed E-state index contributed by atoms with van der Waals surface area (Å²) in [6.45, 7) is 8.63. The van der Waals surface area contributed by atoms with Crippen molar-refractivity contribution in [2.24, 2.45) is 11.8 Å². The van der Waals surface area contributed by atoms with Gasteiger partial charge < -0.3 is 29.3 Å². The molecule has 9 heteroatoms. The van der Waals surface area contributed by atoms with Crippen LogP contribution >= 0.6 is 0 Å². The number of hydrogen-bond acceptors (Lipinski definition) is 5. The predicted molar refractivity (Wildman–Crippen MR) is 149 cm³/mol. The van der Waals surface area contributed by atoms with E-state index in [1.165, 1.54) is 5.57 Å². The number of nitrogens with one attached hydrogen (secondary N) is 1. The molecule has 39 heavy (non-hydrogen) atoms. The fourth-order valence-corrected chi connectivity index (χ4v) is 6.84. The van der Waals surface area contributed by atoms with Gasteiger partial charge in [-0.25, -0.2) is 9.59 Å². The third kappa shape index (κ3) is 4.46. The molecule has 3 unspecified atom stereocenters. The highest BCUT2D eigenvalue weighted by Crippen LogP contribution is 2.48. The van der Waals surface area contributed by atoms with Gasteiger partial charge in [0.25, 0.3) is 0 Å². The van der Waals surface area contributed by atoms with Crippen molar-refractivity contribution in [1.29, 1.82) is 0 Å². The average molecular weight is 537 g/mol. The number of rotatable bonds is 5. The van der Waals surface area contributed by atoms with Crippen molar-refractivity contribution in [3.63, 3.8) is 0 Å². The molecule has 2 saturated heterocycles. The molecule has 4 amide bonds. The number of likely N-dealkylation sites (N-methyl/N-ethyl adjacent to an activating group) is 1. The molecule has 1 aromatic rings. The molecule has 1 aliphatic carbocycles. The number of fused-ring (bicyclic) bond motifs is 2. The minimum Gasteiger partial charge on any atom is -0.497 e. The maximum absolute atomic E-state index is 13.9. The van der Waals surface area contributed by atoms with Crippen molar-refractivity contribution in [3.05, 3.63) is 59.0 Å². The molecule has 2 fully saturated rings. The Balaban J connectivity index is 1.40. The summed E-state index contributed by atoms with van der Waals surface area (Å²) >= 11 is 0. The molecule has 3 atom stereocenters. The zero-order chi connectivity index (χ0) is 27.9. The molecule has 4 aliphatic rings. The summed E-state index contributed by atoms with van der Waals surface area (Å²) in [5.41, 5.74) is 3.65. The topological polar surface area (TPSA) is 83.6 Å². The zero-order valence-electron chi connectivity index (χ0n) is 23.8. The van der Waals surface area contributed by atoms with Crippen LogP contribution in [0.5, 0.6) is 5.75 Å². The lowest BCUT2D eigenvalue weighted by molar-refractivity contribution is 0.0977. The Hall–Kier alpha value is -3.46. The lowest BCUT2D eigenvalue weighted by Crippen LogP contribution is -2.55. The molecule has 0 aromatic heterocycles. The first-order chi connectivity index (χ1) is 18.8. The molecule has 5 rings (SSSR count). The summed E-state index contributed by atoms with van der Waals surface area (Å²) in [6.07, 6.45) is 5.58. The Morgan fingerprint density at radius 2 is 1.85 bits per heavy atom. The molecule has 3 heterocycles. The van der Waals surface area contributed by atoms with Gasteiger partial charge in [0, 0.05) is 68.1 Å². The first-order valence-electron chi connectivity index (χ1n) is 13.8. The SMILES string of the molecule is CCN1C(=O)N2CC3=C(C(OC)=CC(OC)C3C)C(C)C=C2C12CCN(C(=O)Nc1cccc(OC)c1)CC2. The number of ether oxygens (including phenoxy) is 3. The van der Waals surface area contributed by atoms with Gasteiger partial charge >= 0.3 is 12.1 Å².